The number of rotatable bonds is 6. The maximum Gasteiger partial charge on any atom is 0.270 e. The zero-order valence-corrected chi connectivity index (χ0v) is 18.8. The topological polar surface area (TPSA) is 130 Å². The molecule has 32 heavy (non-hydrogen) atoms. The Hall–Kier alpha value is -3.67. The lowest BCUT2D eigenvalue weighted by atomic mass is 10.3. The van der Waals surface area contributed by atoms with Crippen LogP contribution in [0, 0.1) is 22.7 Å². The van der Waals surface area contributed by atoms with E-state index in [-0.39, 0.29) is 22.3 Å². The number of pyridine rings is 1. The number of hydrogen-bond donors (Lipinski definition) is 2. The molecule has 11 heteroatoms. The summed E-state index contributed by atoms with van der Waals surface area (Å²) < 4.78 is 2.00. The average molecular weight is 453 g/mol. The summed E-state index contributed by atoms with van der Waals surface area (Å²) in [5.74, 6) is 0.187. The van der Waals surface area contributed by atoms with Gasteiger partial charge in [0.25, 0.3) is 11.5 Å². The van der Waals surface area contributed by atoms with Gasteiger partial charge in [-0.2, -0.15) is 10.5 Å². The molecule has 0 unspecified atom stereocenters. The summed E-state index contributed by atoms with van der Waals surface area (Å²) in [5, 5.41) is 23.6. The molecule has 2 N–H and O–H groups in total. The molecule has 0 aromatic carbocycles. The predicted molar refractivity (Wildman–Crippen MR) is 123 cm³/mol. The standard InChI is InChI=1S/C21H24N8O2S/c1-3-29-20(31)17(32-21(29)16(13-23)19(30)25-7-5-22)14-26-15-4-6-24-18(12-15)28-10-8-27(2)9-11-28/h4,6,12,14H,3,7-11H2,1-2H3,(H,24,26)(H,25,30)/b17-14+,21-16-. The second kappa shape index (κ2) is 10.6. The zero-order chi connectivity index (χ0) is 23.1. The zero-order valence-electron chi connectivity index (χ0n) is 18.0. The molecule has 0 radical (unpaired) electrons. The number of amides is 1. The van der Waals surface area contributed by atoms with Gasteiger partial charge in [-0.3, -0.25) is 14.2 Å². The fraction of sp³-hybridized carbons (Fsp3) is 0.381. The number of nitrogens with zero attached hydrogens (tertiary/aromatic N) is 6. The molecular weight excluding hydrogens is 428 g/mol. The molecule has 1 amide bonds. The van der Waals surface area contributed by atoms with E-state index in [1.54, 1.807) is 25.4 Å². The molecule has 1 fully saturated rings. The largest absolute Gasteiger partial charge is 0.360 e. The molecule has 1 aliphatic heterocycles. The Bertz CT molecular complexity index is 1240. The van der Waals surface area contributed by atoms with Crippen LogP contribution in [0.2, 0.25) is 0 Å². The Balaban J connectivity index is 1.92. The number of likely N-dealkylation sites (N-methyl/N-ethyl adjacent to an activating group) is 1. The molecule has 0 saturated carbocycles. The molecule has 1 aliphatic rings. The molecule has 0 atom stereocenters. The van der Waals surface area contributed by atoms with Crippen molar-refractivity contribution in [1.29, 1.82) is 10.5 Å². The third-order valence-corrected chi connectivity index (χ3v) is 6.18. The van der Waals surface area contributed by atoms with E-state index >= 15 is 0 Å². The number of aromatic nitrogens is 2. The number of nitrogens with one attached hydrogen (secondary N) is 2. The van der Waals surface area contributed by atoms with E-state index in [2.05, 4.69) is 32.5 Å². The fourth-order valence-electron chi connectivity index (χ4n) is 3.26. The first-order chi connectivity index (χ1) is 15.5. The highest BCUT2D eigenvalue weighted by molar-refractivity contribution is 7.07. The molecule has 0 spiro atoms. The minimum atomic E-state index is -0.678. The van der Waals surface area contributed by atoms with E-state index in [4.69, 9.17) is 5.26 Å². The number of thiazole rings is 1. The Labute approximate surface area is 189 Å². The van der Waals surface area contributed by atoms with E-state index in [0.717, 1.165) is 49.0 Å². The Kier molecular flexibility index (Phi) is 7.60. The molecule has 2 aromatic heterocycles. The summed E-state index contributed by atoms with van der Waals surface area (Å²) in [4.78, 5) is 34.0. The van der Waals surface area contributed by atoms with Crippen molar-refractivity contribution >= 4 is 40.5 Å². The number of hydrogen-bond acceptors (Lipinski definition) is 9. The number of piperazine rings is 1. The number of anilines is 2. The Morgan fingerprint density at radius 2 is 2.06 bits per heavy atom. The van der Waals surface area contributed by atoms with Crippen molar-refractivity contribution in [1.82, 2.24) is 19.8 Å². The van der Waals surface area contributed by atoms with E-state index in [1.165, 1.54) is 4.57 Å². The molecule has 0 aliphatic carbocycles. The van der Waals surface area contributed by atoms with Crippen LogP contribution < -0.4 is 30.3 Å². The molecule has 10 nitrogen and oxygen atoms in total. The van der Waals surface area contributed by atoms with Gasteiger partial charge in [0, 0.05) is 56.9 Å². The predicted octanol–water partition coefficient (Wildman–Crippen LogP) is -0.759. The van der Waals surface area contributed by atoms with Crippen LogP contribution in [-0.4, -0.2) is 60.1 Å². The van der Waals surface area contributed by atoms with Gasteiger partial charge >= 0.3 is 0 Å². The number of carbonyl (C=O) groups is 1. The molecule has 3 heterocycles. The summed E-state index contributed by atoms with van der Waals surface area (Å²) in [6.45, 7) is 5.59. The van der Waals surface area contributed by atoms with Crippen LogP contribution in [-0.2, 0) is 11.3 Å². The fourth-order valence-corrected chi connectivity index (χ4v) is 4.35. The highest BCUT2D eigenvalue weighted by Gasteiger charge is 2.16. The van der Waals surface area contributed by atoms with Gasteiger partial charge in [-0.05, 0) is 20.0 Å². The lowest BCUT2D eigenvalue weighted by Crippen LogP contribution is -2.44. The van der Waals surface area contributed by atoms with Crippen LogP contribution >= 0.6 is 11.3 Å². The van der Waals surface area contributed by atoms with Crippen molar-refractivity contribution in [2.45, 2.75) is 13.5 Å². The van der Waals surface area contributed by atoms with Gasteiger partial charge in [0.15, 0.2) is 5.57 Å². The molecule has 1 saturated heterocycles. The maximum absolute atomic E-state index is 12.8. The second-order valence-corrected chi connectivity index (χ2v) is 8.16. The monoisotopic (exact) mass is 452 g/mol. The third kappa shape index (κ3) is 5.14. The van der Waals surface area contributed by atoms with Gasteiger partial charge in [-0.1, -0.05) is 0 Å². The Morgan fingerprint density at radius 1 is 1.31 bits per heavy atom. The smallest absolute Gasteiger partial charge is 0.270 e. The maximum atomic E-state index is 12.8. The van der Waals surface area contributed by atoms with Crippen molar-refractivity contribution < 1.29 is 4.79 Å². The molecule has 0 bridgehead atoms. The van der Waals surface area contributed by atoms with Crippen LogP contribution in [0.15, 0.2) is 23.1 Å². The lowest BCUT2D eigenvalue weighted by molar-refractivity contribution is -0.115. The Morgan fingerprint density at radius 3 is 2.72 bits per heavy atom. The first kappa shape index (κ1) is 23.0. The highest BCUT2D eigenvalue weighted by Crippen LogP contribution is 2.17. The normalized spacial score (nSPS) is 15.6. The van der Waals surface area contributed by atoms with Crippen molar-refractivity contribution in [3.63, 3.8) is 0 Å². The van der Waals surface area contributed by atoms with Gasteiger partial charge in [-0.25, -0.2) is 4.98 Å². The molecule has 3 rings (SSSR count). The van der Waals surface area contributed by atoms with Gasteiger partial charge in [0.05, 0.1) is 6.07 Å². The molecular formula is C21H24N8O2S. The molecule has 166 valence electrons. The summed E-state index contributed by atoms with van der Waals surface area (Å²) in [7, 11) is 2.10. The first-order valence-corrected chi connectivity index (χ1v) is 11.0. The van der Waals surface area contributed by atoms with Crippen molar-refractivity contribution in [3.05, 3.63) is 37.9 Å². The van der Waals surface area contributed by atoms with E-state index in [9.17, 15) is 14.9 Å². The summed E-state index contributed by atoms with van der Waals surface area (Å²) >= 11 is 1.05. The summed E-state index contributed by atoms with van der Waals surface area (Å²) in [6, 6.07) is 7.39. The van der Waals surface area contributed by atoms with E-state index < -0.39 is 5.91 Å². The van der Waals surface area contributed by atoms with Gasteiger partial charge in [-0.15, -0.1) is 11.3 Å². The van der Waals surface area contributed by atoms with Crippen molar-refractivity contribution in [2.24, 2.45) is 0 Å². The van der Waals surface area contributed by atoms with Crippen LogP contribution in [0.5, 0.6) is 0 Å². The lowest BCUT2D eigenvalue weighted by Gasteiger charge is -2.33. The third-order valence-electron chi connectivity index (χ3n) is 5.05. The van der Waals surface area contributed by atoms with Crippen molar-refractivity contribution in [2.75, 3.05) is 50.0 Å². The van der Waals surface area contributed by atoms with Gasteiger partial charge < -0.3 is 20.4 Å². The van der Waals surface area contributed by atoms with Crippen LogP contribution in [0.25, 0.3) is 11.8 Å². The van der Waals surface area contributed by atoms with Crippen molar-refractivity contribution in [3.8, 4) is 12.1 Å². The van der Waals surface area contributed by atoms with E-state index in [1.807, 2.05) is 18.2 Å². The minimum Gasteiger partial charge on any atom is -0.360 e. The number of carbonyl (C=O) groups excluding carboxylic acids is 1. The summed E-state index contributed by atoms with van der Waals surface area (Å²) in [6.07, 6.45) is 3.29. The number of nitriles is 2. The van der Waals surface area contributed by atoms with Crippen LogP contribution in [0.3, 0.4) is 0 Å². The second-order valence-electron chi connectivity index (χ2n) is 7.13. The van der Waals surface area contributed by atoms with Gasteiger partial charge in [0.2, 0.25) is 0 Å². The van der Waals surface area contributed by atoms with Gasteiger partial charge in [0.1, 0.15) is 27.6 Å². The summed E-state index contributed by atoms with van der Waals surface area (Å²) in [5.41, 5.74) is 0.293. The quantitative estimate of drug-likeness (QED) is 0.547. The van der Waals surface area contributed by atoms with E-state index in [0.29, 0.717) is 11.1 Å². The average Bonchev–Trinajstić information content (AvgIpc) is 3.12. The first-order valence-electron chi connectivity index (χ1n) is 10.1. The molecule has 2 aromatic rings. The van der Waals surface area contributed by atoms with Crippen LogP contribution in [0.4, 0.5) is 11.5 Å². The minimum absolute atomic E-state index is 0.190. The highest BCUT2D eigenvalue weighted by atomic mass is 32.1. The SMILES string of the molecule is CCn1c(=O)/c(=C\Nc2ccnc(N3CCN(C)CC3)c2)s/c1=C(/C#N)C(=O)NCC#N. The van der Waals surface area contributed by atoms with Crippen LogP contribution in [0.1, 0.15) is 6.92 Å².